The number of benzene rings is 1. The Morgan fingerprint density at radius 3 is 2.57 bits per heavy atom. The summed E-state index contributed by atoms with van der Waals surface area (Å²) in [6, 6.07) is 9.20. The number of ether oxygens (including phenoxy) is 2. The summed E-state index contributed by atoms with van der Waals surface area (Å²) in [5.74, 6) is -1.57. The van der Waals surface area contributed by atoms with Gasteiger partial charge in [0.1, 0.15) is 5.69 Å². The predicted octanol–water partition coefficient (Wildman–Crippen LogP) is 2.98. The Kier molecular flexibility index (Phi) is 5.87. The molecule has 1 heterocycles. The van der Waals surface area contributed by atoms with Crippen molar-refractivity contribution in [2.45, 2.75) is 32.6 Å². The summed E-state index contributed by atoms with van der Waals surface area (Å²) < 4.78 is 10.6. The maximum absolute atomic E-state index is 12.0. The Morgan fingerprint density at radius 1 is 1.26 bits per heavy atom. The lowest BCUT2D eigenvalue weighted by molar-refractivity contribution is -0.143. The fourth-order valence-corrected chi connectivity index (χ4v) is 2.06. The summed E-state index contributed by atoms with van der Waals surface area (Å²) in [6.45, 7) is 4.39. The van der Waals surface area contributed by atoms with Crippen LogP contribution in [-0.2, 0) is 9.53 Å². The highest BCUT2D eigenvalue weighted by Crippen LogP contribution is 2.27. The smallest absolute Gasteiger partial charge is 0.329 e. The molecule has 0 amide bonds. The second-order valence-corrected chi connectivity index (χ2v) is 4.92. The van der Waals surface area contributed by atoms with Crippen molar-refractivity contribution >= 4 is 17.0 Å². The molecule has 120 valence electrons. The Labute approximate surface area is 135 Å². The molecule has 0 aliphatic carbocycles. The van der Waals surface area contributed by atoms with E-state index in [1.54, 1.807) is 13.0 Å². The van der Waals surface area contributed by atoms with Crippen molar-refractivity contribution < 1.29 is 14.3 Å². The van der Waals surface area contributed by atoms with Crippen molar-refractivity contribution in [2.75, 3.05) is 13.2 Å². The zero-order valence-corrected chi connectivity index (χ0v) is 13.3. The first-order valence-electron chi connectivity index (χ1n) is 7.67. The van der Waals surface area contributed by atoms with E-state index in [1.807, 2.05) is 31.2 Å². The van der Waals surface area contributed by atoms with Crippen molar-refractivity contribution in [1.82, 2.24) is 9.97 Å². The highest BCUT2D eigenvalue weighted by Gasteiger charge is 2.28. The van der Waals surface area contributed by atoms with Crippen LogP contribution in [0.1, 0.15) is 38.3 Å². The van der Waals surface area contributed by atoms with Gasteiger partial charge in [0.2, 0.25) is 5.88 Å². The normalized spacial score (nSPS) is 11.7. The fraction of sp³-hybridized carbons (Fsp3) is 0.412. The Bertz CT molecular complexity index is 725. The molecule has 0 N–H and O–H groups in total. The zero-order valence-electron chi connectivity index (χ0n) is 13.3. The van der Waals surface area contributed by atoms with Gasteiger partial charge < -0.3 is 9.47 Å². The van der Waals surface area contributed by atoms with Crippen LogP contribution in [-0.4, -0.2) is 29.2 Å². The molecule has 2 aromatic rings. The van der Waals surface area contributed by atoms with Gasteiger partial charge in [-0.1, -0.05) is 25.5 Å². The van der Waals surface area contributed by atoms with E-state index in [0.717, 1.165) is 12.8 Å². The average molecular weight is 313 g/mol. The Morgan fingerprint density at radius 2 is 1.96 bits per heavy atom. The number of hydrogen-bond acceptors (Lipinski definition) is 6. The lowest BCUT2D eigenvalue weighted by Gasteiger charge is -2.13. The van der Waals surface area contributed by atoms with Gasteiger partial charge >= 0.3 is 5.97 Å². The van der Waals surface area contributed by atoms with Gasteiger partial charge in [-0.25, -0.2) is 9.97 Å². The zero-order chi connectivity index (χ0) is 16.7. The first kappa shape index (κ1) is 16.7. The van der Waals surface area contributed by atoms with Gasteiger partial charge in [-0.15, -0.1) is 0 Å². The maximum atomic E-state index is 12.0. The van der Waals surface area contributed by atoms with Gasteiger partial charge in [0.15, 0.2) is 5.92 Å². The molecule has 0 saturated carbocycles. The highest BCUT2D eigenvalue weighted by atomic mass is 16.5. The molecule has 0 saturated heterocycles. The van der Waals surface area contributed by atoms with Crippen molar-refractivity contribution in [1.29, 1.82) is 5.26 Å². The monoisotopic (exact) mass is 313 g/mol. The molecule has 6 heteroatoms. The molecule has 23 heavy (non-hydrogen) atoms. The number of carbonyl (C=O) groups excluding carboxylic acids is 1. The van der Waals surface area contributed by atoms with Crippen LogP contribution >= 0.6 is 0 Å². The molecular formula is C17H19N3O3. The van der Waals surface area contributed by atoms with Crippen LogP contribution in [0.2, 0.25) is 0 Å². The predicted molar refractivity (Wildman–Crippen MR) is 84.9 cm³/mol. The lowest BCUT2D eigenvalue weighted by Crippen LogP contribution is -2.18. The molecular weight excluding hydrogens is 294 g/mol. The fourth-order valence-electron chi connectivity index (χ4n) is 2.06. The molecule has 1 unspecified atom stereocenters. The Balaban J connectivity index is 2.46. The summed E-state index contributed by atoms with van der Waals surface area (Å²) in [7, 11) is 0. The van der Waals surface area contributed by atoms with Crippen LogP contribution in [0.3, 0.4) is 0 Å². The standard InChI is InChI=1S/C17H19N3O3/c1-3-5-10-23-16-15(12(11-18)17(21)22-4-2)19-13-8-6-7-9-14(13)20-16/h6-9,12H,3-5,10H2,1-2H3. The van der Waals surface area contributed by atoms with Crippen molar-refractivity contribution in [3.8, 4) is 11.9 Å². The van der Waals surface area contributed by atoms with E-state index in [2.05, 4.69) is 9.97 Å². The third kappa shape index (κ3) is 3.95. The highest BCUT2D eigenvalue weighted by molar-refractivity contribution is 5.83. The largest absolute Gasteiger partial charge is 0.476 e. The number of unbranched alkanes of at least 4 members (excludes halogenated alkanes) is 1. The number of nitrogens with zero attached hydrogens (tertiary/aromatic N) is 3. The number of hydrogen-bond donors (Lipinski definition) is 0. The maximum Gasteiger partial charge on any atom is 0.329 e. The van der Waals surface area contributed by atoms with E-state index < -0.39 is 11.9 Å². The van der Waals surface area contributed by atoms with Crippen molar-refractivity contribution in [3.05, 3.63) is 30.0 Å². The van der Waals surface area contributed by atoms with Gasteiger partial charge in [0.05, 0.1) is 30.3 Å². The summed E-state index contributed by atoms with van der Waals surface area (Å²) in [5, 5.41) is 9.37. The minimum Gasteiger partial charge on any atom is -0.476 e. The molecule has 0 radical (unpaired) electrons. The van der Waals surface area contributed by atoms with Crippen LogP contribution < -0.4 is 4.74 Å². The number of fused-ring (bicyclic) bond motifs is 1. The van der Waals surface area contributed by atoms with Crippen LogP contribution in [0.5, 0.6) is 5.88 Å². The number of esters is 1. The molecule has 1 aromatic carbocycles. The van der Waals surface area contributed by atoms with E-state index in [1.165, 1.54) is 0 Å². The van der Waals surface area contributed by atoms with Gasteiger partial charge in [0.25, 0.3) is 0 Å². The minimum absolute atomic E-state index is 0.198. The third-order valence-corrected chi connectivity index (χ3v) is 3.23. The van der Waals surface area contributed by atoms with Gasteiger partial charge in [0, 0.05) is 0 Å². The van der Waals surface area contributed by atoms with E-state index in [-0.39, 0.29) is 18.2 Å². The molecule has 0 aliphatic heterocycles. The van der Waals surface area contributed by atoms with E-state index in [0.29, 0.717) is 17.6 Å². The van der Waals surface area contributed by atoms with E-state index in [9.17, 15) is 10.1 Å². The third-order valence-electron chi connectivity index (χ3n) is 3.23. The van der Waals surface area contributed by atoms with Crippen molar-refractivity contribution in [3.63, 3.8) is 0 Å². The first-order chi connectivity index (χ1) is 11.2. The topological polar surface area (TPSA) is 85.1 Å². The molecule has 0 fully saturated rings. The second kappa shape index (κ2) is 8.08. The minimum atomic E-state index is -1.15. The number of rotatable bonds is 7. The molecule has 6 nitrogen and oxygen atoms in total. The number of carbonyl (C=O) groups is 1. The van der Waals surface area contributed by atoms with Crippen molar-refractivity contribution in [2.24, 2.45) is 0 Å². The average Bonchev–Trinajstić information content (AvgIpc) is 2.56. The van der Waals surface area contributed by atoms with Crippen LogP contribution in [0, 0.1) is 11.3 Å². The van der Waals surface area contributed by atoms with Gasteiger partial charge in [-0.2, -0.15) is 5.26 Å². The van der Waals surface area contributed by atoms with Gasteiger partial charge in [-0.05, 0) is 25.5 Å². The summed E-state index contributed by atoms with van der Waals surface area (Å²) in [5.41, 5.74) is 1.47. The van der Waals surface area contributed by atoms with Gasteiger partial charge in [-0.3, -0.25) is 4.79 Å². The summed E-state index contributed by atoms with van der Waals surface area (Å²) >= 11 is 0. The molecule has 1 atom stereocenters. The first-order valence-corrected chi connectivity index (χ1v) is 7.67. The molecule has 1 aromatic heterocycles. The Hall–Kier alpha value is -2.68. The quantitative estimate of drug-likeness (QED) is 0.577. The molecule has 0 spiro atoms. The number of nitriles is 1. The number of para-hydroxylation sites is 2. The molecule has 2 rings (SSSR count). The summed E-state index contributed by atoms with van der Waals surface area (Å²) in [4.78, 5) is 20.9. The van der Waals surface area contributed by atoms with E-state index >= 15 is 0 Å². The second-order valence-electron chi connectivity index (χ2n) is 4.92. The van der Waals surface area contributed by atoms with Crippen LogP contribution in [0.15, 0.2) is 24.3 Å². The molecule has 0 bridgehead atoms. The van der Waals surface area contributed by atoms with Crippen LogP contribution in [0.4, 0.5) is 0 Å². The number of aromatic nitrogens is 2. The summed E-state index contributed by atoms with van der Waals surface area (Å²) in [6.07, 6.45) is 1.82. The van der Waals surface area contributed by atoms with E-state index in [4.69, 9.17) is 9.47 Å². The van der Waals surface area contributed by atoms with Crippen LogP contribution in [0.25, 0.3) is 11.0 Å². The lowest BCUT2D eigenvalue weighted by atomic mass is 10.1. The SMILES string of the molecule is CCCCOc1nc2ccccc2nc1C(C#N)C(=O)OCC. The molecule has 0 aliphatic rings.